The summed E-state index contributed by atoms with van der Waals surface area (Å²) in [6.07, 6.45) is 3.00. The number of benzene rings is 1. The van der Waals surface area contributed by atoms with Crippen molar-refractivity contribution in [2.75, 3.05) is 25.3 Å². The molecule has 0 fully saturated rings. The third-order valence-electron chi connectivity index (χ3n) is 4.78. The molecule has 0 saturated carbocycles. The molecule has 0 radical (unpaired) electrons. The van der Waals surface area contributed by atoms with Gasteiger partial charge in [-0.15, -0.1) is 11.3 Å². The summed E-state index contributed by atoms with van der Waals surface area (Å²) in [5, 5.41) is 1.64. The van der Waals surface area contributed by atoms with Crippen molar-refractivity contribution in [2.45, 2.75) is 31.1 Å². The summed E-state index contributed by atoms with van der Waals surface area (Å²) in [7, 11) is -1.46. The van der Waals surface area contributed by atoms with Gasteiger partial charge in [-0.25, -0.2) is 17.5 Å². The highest BCUT2D eigenvalue weighted by Crippen LogP contribution is 2.37. The molecule has 0 saturated heterocycles. The monoisotopic (exact) mass is 463 g/mol. The summed E-state index contributed by atoms with van der Waals surface area (Å²) in [4.78, 5) is 12.5. The van der Waals surface area contributed by atoms with Gasteiger partial charge in [-0.1, -0.05) is 26.8 Å². The lowest BCUT2D eigenvalue weighted by atomic mass is 9.85. The van der Waals surface area contributed by atoms with Crippen LogP contribution in [0.4, 0.5) is 5.69 Å². The van der Waals surface area contributed by atoms with E-state index in [1.165, 1.54) is 26.7 Å². The molecule has 9 heteroatoms. The van der Waals surface area contributed by atoms with E-state index in [1.54, 1.807) is 29.6 Å². The first-order valence-corrected chi connectivity index (χ1v) is 11.8. The van der Waals surface area contributed by atoms with E-state index < -0.39 is 16.0 Å². The number of carbonyl (C=O) groups is 1. The second-order valence-corrected chi connectivity index (χ2v) is 10.6. The predicted octanol–water partition coefficient (Wildman–Crippen LogP) is 4.89. The summed E-state index contributed by atoms with van der Waals surface area (Å²) >= 11 is 1.10. The van der Waals surface area contributed by atoms with Crippen LogP contribution in [0, 0.1) is 0 Å². The van der Waals surface area contributed by atoms with Crippen LogP contribution < -0.4 is 4.31 Å². The van der Waals surface area contributed by atoms with Crippen LogP contribution in [-0.2, 0) is 24.9 Å². The van der Waals surface area contributed by atoms with Gasteiger partial charge >= 0.3 is 5.97 Å². The van der Waals surface area contributed by atoms with Gasteiger partial charge in [-0.2, -0.15) is 0 Å². The second-order valence-electron chi connectivity index (χ2n) is 7.87. The Bertz CT molecular complexity index is 1160. The molecule has 0 atom stereocenters. The predicted molar refractivity (Wildman–Crippen MR) is 120 cm³/mol. The molecule has 0 spiro atoms. The Morgan fingerprint density at radius 3 is 2.48 bits per heavy atom. The molecule has 7 nitrogen and oxygen atoms in total. The maximum atomic E-state index is 13.8. The van der Waals surface area contributed by atoms with Gasteiger partial charge in [0.2, 0.25) is 0 Å². The van der Waals surface area contributed by atoms with Gasteiger partial charge in [0.25, 0.3) is 10.0 Å². The van der Waals surface area contributed by atoms with E-state index in [1.807, 2.05) is 6.07 Å². The van der Waals surface area contributed by atoms with Crippen molar-refractivity contribution in [3.8, 4) is 11.1 Å². The fourth-order valence-electron chi connectivity index (χ4n) is 3.11. The molecule has 0 bridgehead atoms. The number of hydrogen-bond donors (Lipinski definition) is 0. The van der Waals surface area contributed by atoms with Crippen LogP contribution >= 0.6 is 11.3 Å². The fourth-order valence-corrected chi connectivity index (χ4v) is 5.57. The van der Waals surface area contributed by atoms with E-state index in [4.69, 9.17) is 13.9 Å². The highest BCUT2D eigenvalue weighted by molar-refractivity contribution is 7.93. The van der Waals surface area contributed by atoms with Crippen molar-refractivity contribution < 1.29 is 27.1 Å². The number of furan rings is 1. The minimum atomic E-state index is -4.10. The zero-order valence-electron chi connectivity index (χ0n) is 18.0. The van der Waals surface area contributed by atoms with Crippen molar-refractivity contribution in [3.63, 3.8) is 0 Å². The first-order valence-electron chi connectivity index (χ1n) is 9.46. The Kier molecular flexibility index (Phi) is 6.59. The van der Waals surface area contributed by atoms with Crippen molar-refractivity contribution in [3.05, 3.63) is 58.7 Å². The summed E-state index contributed by atoms with van der Waals surface area (Å²) in [6.45, 7) is 5.90. The Hall–Kier alpha value is -2.62. The normalized spacial score (nSPS) is 12.0. The number of esters is 1. The zero-order chi connectivity index (χ0) is 22.8. The van der Waals surface area contributed by atoms with Crippen LogP contribution in [0.3, 0.4) is 0 Å². The zero-order valence-corrected chi connectivity index (χ0v) is 19.7. The van der Waals surface area contributed by atoms with Crippen molar-refractivity contribution in [1.29, 1.82) is 0 Å². The highest BCUT2D eigenvalue weighted by atomic mass is 32.2. The van der Waals surface area contributed by atoms with Crippen molar-refractivity contribution in [1.82, 2.24) is 0 Å². The third kappa shape index (κ3) is 4.53. The Morgan fingerprint density at radius 2 is 1.90 bits per heavy atom. The summed E-state index contributed by atoms with van der Waals surface area (Å²) < 4.78 is 44.0. The van der Waals surface area contributed by atoms with Gasteiger partial charge in [-0.05, 0) is 40.6 Å². The van der Waals surface area contributed by atoms with Gasteiger partial charge in [0.1, 0.15) is 11.6 Å². The van der Waals surface area contributed by atoms with Crippen LogP contribution in [0.5, 0.6) is 0 Å². The maximum Gasteiger partial charge on any atom is 0.350 e. The molecule has 166 valence electrons. The Morgan fingerprint density at radius 1 is 1.16 bits per heavy atom. The number of thiophene rings is 1. The summed E-state index contributed by atoms with van der Waals surface area (Å²) in [5.41, 5.74) is 2.15. The molecule has 2 heterocycles. The topological polar surface area (TPSA) is 86.0 Å². The van der Waals surface area contributed by atoms with Gasteiger partial charge in [-0.3, -0.25) is 0 Å². The average Bonchev–Trinajstić information content (AvgIpc) is 3.42. The van der Waals surface area contributed by atoms with Crippen LogP contribution in [0.15, 0.2) is 57.6 Å². The standard InChI is InChI=1S/C22H25NO6S2/c1-22(2,3)16-6-7-19(17(12-16)15-8-10-29-13-15)31(25,26)23(14-27-4)18-9-11-30-20(18)21(24)28-5/h6-13H,14H2,1-5H3. The number of anilines is 1. The van der Waals surface area contributed by atoms with E-state index in [9.17, 15) is 13.2 Å². The van der Waals surface area contributed by atoms with Gasteiger partial charge in [0.15, 0.2) is 0 Å². The molecule has 31 heavy (non-hydrogen) atoms. The molecule has 0 aliphatic heterocycles. The number of nitrogens with zero attached hydrogens (tertiary/aromatic N) is 1. The number of carbonyl (C=O) groups excluding carboxylic acids is 1. The van der Waals surface area contributed by atoms with Crippen LogP contribution in [-0.4, -0.2) is 35.3 Å². The minimum absolute atomic E-state index is 0.0842. The lowest BCUT2D eigenvalue weighted by Gasteiger charge is -2.26. The SMILES string of the molecule is COCN(c1ccsc1C(=O)OC)S(=O)(=O)c1ccc(C(C)(C)C)cc1-c1ccoc1. The maximum absolute atomic E-state index is 13.8. The Balaban J connectivity index is 2.22. The van der Waals surface area contributed by atoms with Crippen LogP contribution in [0.1, 0.15) is 36.0 Å². The van der Waals surface area contributed by atoms with Crippen LogP contribution in [0.25, 0.3) is 11.1 Å². The van der Waals surface area contributed by atoms with Gasteiger partial charge in [0.05, 0.1) is 30.2 Å². The molecule has 0 aliphatic carbocycles. The largest absolute Gasteiger partial charge is 0.472 e. The molecule has 3 rings (SSSR count). The minimum Gasteiger partial charge on any atom is -0.472 e. The van der Waals surface area contributed by atoms with E-state index >= 15 is 0 Å². The van der Waals surface area contributed by atoms with E-state index in [2.05, 4.69) is 20.8 Å². The van der Waals surface area contributed by atoms with Gasteiger partial charge in [0, 0.05) is 18.2 Å². The first kappa shape index (κ1) is 23.1. The quantitative estimate of drug-likeness (QED) is 0.366. The van der Waals surface area contributed by atoms with Crippen molar-refractivity contribution in [2.24, 2.45) is 0 Å². The molecule has 0 amide bonds. The lowest BCUT2D eigenvalue weighted by Crippen LogP contribution is -2.34. The molecule has 0 aliphatic rings. The molecular formula is C22H25NO6S2. The summed E-state index contributed by atoms with van der Waals surface area (Å²) in [6, 6.07) is 8.53. The molecule has 2 aromatic heterocycles. The van der Waals surface area contributed by atoms with Crippen molar-refractivity contribution >= 4 is 33.0 Å². The highest BCUT2D eigenvalue weighted by Gasteiger charge is 2.32. The smallest absolute Gasteiger partial charge is 0.350 e. The molecular weight excluding hydrogens is 438 g/mol. The number of methoxy groups -OCH3 is 2. The van der Waals surface area contributed by atoms with Gasteiger partial charge < -0.3 is 13.9 Å². The molecule has 0 N–H and O–H groups in total. The number of sulfonamides is 1. The van der Waals surface area contributed by atoms with Crippen LogP contribution in [0.2, 0.25) is 0 Å². The second kappa shape index (κ2) is 8.86. The van der Waals surface area contributed by atoms with E-state index in [0.29, 0.717) is 11.1 Å². The van der Waals surface area contributed by atoms with E-state index in [-0.39, 0.29) is 27.6 Å². The number of ether oxygens (including phenoxy) is 2. The molecule has 1 aromatic carbocycles. The number of rotatable bonds is 7. The first-order chi connectivity index (χ1) is 14.6. The third-order valence-corrected chi connectivity index (χ3v) is 7.45. The summed E-state index contributed by atoms with van der Waals surface area (Å²) in [5.74, 6) is -0.612. The molecule has 3 aromatic rings. The van der Waals surface area contributed by atoms with E-state index in [0.717, 1.165) is 21.2 Å². The average molecular weight is 464 g/mol. The Labute approximate surface area is 186 Å². The lowest BCUT2D eigenvalue weighted by molar-refractivity contribution is 0.0607. The number of hydrogen-bond acceptors (Lipinski definition) is 7. The molecule has 0 unspecified atom stereocenters. The fraction of sp³-hybridized carbons (Fsp3) is 0.318.